The van der Waals surface area contributed by atoms with Gasteiger partial charge in [0, 0.05) is 4.88 Å². The normalized spacial score (nSPS) is 10.2. The standard InChI is InChI=1S/C12H13N3OS/c1-7-5-10(17-8(7)2)12(16)15-9-3-4-11(13)14-6-9/h3-6H,1-2H3,(H2,13,14)(H,15,16). The Hall–Kier alpha value is -1.88. The summed E-state index contributed by atoms with van der Waals surface area (Å²) in [5, 5.41) is 2.78. The van der Waals surface area contributed by atoms with Crippen molar-refractivity contribution in [2.24, 2.45) is 0 Å². The first-order valence-electron chi connectivity index (χ1n) is 5.16. The molecule has 0 aromatic carbocycles. The lowest BCUT2D eigenvalue weighted by Gasteiger charge is -2.02. The van der Waals surface area contributed by atoms with Crippen LogP contribution in [-0.4, -0.2) is 10.9 Å². The Kier molecular flexibility index (Phi) is 3.10. The quantitative estimate of drug-likeness (QED) is 0.857. The Morgan fingerprint density at radius 2 is 2.18 bits per heavy atom. The summed E-state index contributed by atoms with van der Waals surface area (Å²) >= 11 is 1.49. The van der Waals surface area contributed by atoms with Crippen LogP contribution in [0.2, 0.25) is 0 Å². The van der Waals surface area contributed by atoms with Crippen LogP contribution in [0.4, 0.5) is 11.5 Å². The highest BCUT2D eigenvalue weighted by Crippen LogP contribution is 2.21. The van der Waals surface area contributed by atoms with Crippen molar-refractivity contribution in [3.63, 3.8) is 0 Å². The molecule has 4 nitrogen and oxygen atoms in total. The van der Waals surface area contributed by atoms with Gasteiger partial charge < -0.3 is 11.1 Å². The molecule has 0 atom stereocenters. The van der Waals surface area contributed by atoms with Crippen molar-refractivity contribution in [2.75, 3.05) is 11.1 Å². The Labute approximate surface area is 103 Å². The molecule has 3 N–H and O–H groups in total. The van der Waals surface area contributed by atoms with E-state index in [9.17, 15) is 4.79 Å². The van der Waals surface area contributed by atoms with E-state index in [4.69, 9.17) is 5.73 Å². The van der Waals surface area contributed by atoms with Crippen LogP contribution in [0.3, 0.4) is 0 Å². The van der Waals surface area contributed by atoms with Gasteiger partial charge in [0.25, 0.3) is 5.91 Å². The van der Waals surface area contributed by atoms with E-state index in [2.05, 4.69) is 10.3 Å². The van der Waals surface area contributed by atoms with Crippen LogP contribution in [0.5, 0.6) is 0 Å². The Bertz CT molecular complexity index is 526. The molecule has 2 aromatic rings. The van der Waals surface area contributed by atoms with Crippen LogP contribution < -0.4 is 11.1 Å². The molecule has 88 valence electrons. The van der Waals surface area contributed by atoms with Crippen molar-refractivity contribution in [3.05, 3.63) is 39.7 Å². The summed E-state index contributed by atoms with van der Waals surface area (Å²) in [6.45, 7) is 3.99. The Morgan fingerprint density at radius 1 is 1.41 bits per heavy atom. The number of thiophene rings is 1. The van der Waals surface area contributed by atoms with Crippen molar-refractivity contribution >= 4 is 28.7 Å². The fourth-order valence-corrected chi connectivity index (χ4v) is 2.29. The zero-order valence-electron chi connectivity index (χ0n) is 9.65. The molecule has 0 unspecified atom stereocenters. The number of aryl methyl sites for hydroxylation is 2. The fraction of sp³-hybridized carbons (Fsp3) is 0.167. The maximum atomic E-state index is 11.9. The van der Waals surface area contributed by atoms with Crippen LogP contribution in [-0.2, 0) is 0 Å². The van der Waals surface area contributed by atoms with Gasteiger partial charge in [0.2, 0.25) is 0 Å². The van der Waals surface area contributed by atoms with E-state index in [0.717, 1.165) is 10.4 Å². The van der Waals surface area contributed by atoms with E-state index in [1.54, 1.807) is 18.3 Å². The number of nitrogen functional groups attached to an aromatic ring is 1. The van der Waals surface area contributed by atoms with E-state index < -0.39 is 0 Å². The molecule has 5 heteroatoms. The maximum absolute atomic E-state index is 11.9. The third-order valence-electron chi connectivity index (χ3n) is 2.43. The number of amides is 1. The molecular weight excluding hydrogens is 234 g/mol. The lowest BCUT2D eigenvalue weighted by atomic mass is 10.3. The van der Waals surface area contributed by atoms with Crippen LogP contribution in [0.1, 0.15) is 20.1 Å². The molecule has 2 rings (SSSR count). The van der Waals surface area contributed by atoms with Crippen LogP contribution >= 0.6 is 11.3 Å². The van der Waals surface area contributed by atoms with Gasteiger partial charge in [-0.15, -0.1) is 11.3 Å². The molecule has 0 aliphatic rings. The number of nitrogens with zero attached hydrogens (tertiary/aromatic N) is 1. The molecule has 1 amide bonds. The van der Waals surface area contributed by atoms with Crippen molar-refractivity contribution in [2.45, 2.75) is 13.8 Å². The number of anilines is 2. The molecule has 0 fully saturated rings. The average Bonchev–Trinajstić information content (AvgIpc) is 2.63. The van der Waals surface area contributed by atoms with Gasteiger partial charge in [-0.25, -0.2) is 4.98 Å². The molecule has 2 aromatic heterocycles. The van der Waals surface area contributed by atoms with E-state index in [-0.39, 0.29) is 5.91 Å². The van der Waals surface area contributed by atoms with Crippen LogP contribution in [0.15, 0.2) is 24.4 Å². The number of carbonyl (C=O) groups excluding carboxylic acids is 1. The maximum Gasteiger partial charge on any atom is 0.265 e. The van der Waals surface area contributed by atoms with Crippen molar-refractivity contribution in [3.8, 4) is 0 Å². The van der Waals surface area contributed by atoms with Crippen LogP contribution in [0.25, 0.3) is 0 Å². The number of hydrogen-bond donors (Lipinski definition) is 2. The van der Waals surface area contributed by atoms with Crippen LogP contribution in [0, 0.1) is 13.8 Å². The lowest BCUT2D eigenvalue weighted by Crippen LogP contribution is -2.10. The first-order chi connectivity index (χ1) is 8.06. The Morgan fingerprint density at radius 3 is 2.71 bits per heavy atom. The monoisotopic (exact) mass is 247 g/mol. The summed E-state index contributed by atoms with van der Waals surface area (Å²) in [5.41, 5.74) is 7.25. The number of nitrogens with one attached hydrogen (secondary N) is 1. The van der Waals surface area contributed by atoms with Gasteiger partial charge in [0.05, 0.1) is 16.8 Å². The molecule has 0 spiro atoms. The number of aromatic nitrogens is 1. The SMILES string of the molecule is Cc1cc(C(=O)Nc2ccc(N)nc2)sc1C. The highest BCUT2D eigenvalue weighted by molar-refractivity contribution is 7.14. The third-order valence-corrected chi connectivity index (χ3v) is 3.59. The summed E-state index contributed by atoms with van der Waals surface area (Å²) in [7, 11) is 0. The number of rotatable bonds is 2. The van der Waals surface area contributed by atoms with Gasteiger partial charge in [0.15, 0.2) is 0 Å². The summed E-state index contributed by atoms with van der Waals surface area (Å²) in [4.78, 5) is 17.7. The highest BCUT2D eigenvalue weighted by Gasteiger charge is 2.10. The highest BCUT2D eigenvalue weighted by atomic mass is 32.1. The first kappa shape index (κ1) is 11.6. The van der Waals surface area contributed by atoms with Crippen molar-refractivity contribution in [1.29, 1.82) is 0 Å². The number of hydrogen-bond acceptors (Lipinski definition) is 4. The van der Waals surface area contributed by atoms with Gasteiger partial charge in [-0.05, 0) is 37.6 Å². The topological polar surface area (TPSA) is 68.0 Å². The molecule has 2 heterocycles. The van der Waals surface area contributed by atoms with E-state index in [1.807, 2.05) is 19.9 Å². The summed E-state index contributed by atoms with van der Waals surface area (Å²) in [6, 6.07) is 5.27. The number of carbonyl (C=O) groups is 1. The summed E-state index contributed by atoms with van der Waals surface area (Å²) in [6.07, 6.45) is 1.54. The molecule has 0 aliphatic heterocycles. The van der Waals surface area contributed by atoms with Crippen molar-refractivity contribution in [1.82, 2.24) is 4.98 Å². The molecule has 0 bridgehead atoms. The first-order valence-corrected chi connectivity index (χ1v) is 5.98. The zero-order chi connectivity index (χ0) is 12.4. The Balaban J connectivity index is 2.14. The van der Waals surface area contributed by atoms with E-state index in [1.165, 1.54) is 11.3 Å². The predicted molar refractivity (Wildman–Crippen MR) is 70.4 cm³/mol. The smallest absolute Gasteiger partial charge is 0.265 e. The van der Waals surface area contributed by atoms with E-state index >= 15 is 0 Å². The van der Waals surface area contributed by atoms with Crippen molar-refractivity contribution < 1.29 is 4.79 Å². The molecule has 0 saturated carbocycles. The second-order valence-electron chi connectivity index (χ2n) is 3.78. The summed E-state index contributed by atoms with van der Waals surface area (Å²) < 4.78 is 0. The minimum atomic E-state index is -0.113. The third kappa shape index (κ3) is 2.62. The van der Waals surface area contributed by atoms with Gasteiger partial charge >= 0.3 is 0 Å². The molecule has 0 saturated heterocycles. The summed E-state index contributed by atoms with van der Waals surface area (Å²) in [5.74, 6) is 0.323. The lowest BCUT2D eigenvalue weighted by molar-refractivity contribution is 0.103. The zero-order valence-corrected chi connectivity index (χ0v) is 10.5. The molecule has 0 radical (unpaired) electrons. The van der Waals surface area contributed by atoms with Gasteiger partial charge in [-0.3, -0.25) is 4.79 Å². The second kappa shape index (κ2) is 4.55. The van der Waals surface area contributed by atoms with Gasteiger partial charge in [-0.2, -0.15) is 0 Å². The van der Waals surface area contributed by atoms with E-state index in [0.29, 0.717) is 16.4 Å². The molecule has 17 heavy (non-hydrogen) atoms. The average molecular weight is 247 g/mol. The molecular formula is C12H13N3OS. The van der Waals surface area contributed by atoms with Gasteiger partial charge in [-0.1, -0.05) is 0 Å². The fourth-order valence-electron chi connectivity index (χ4n) is 1.36. The largest absolute Gasteiger partial charge is 0.384 e. The second-order valence-corrected chi connectivity index (χ2v) is 5.03. The minimum absolute atomic E-state index is 0.113. The number of pyridine rings is 1. The van der Waals surface area contributed by atoms with Gasteiger partial charge in [0.1, 0.15) is 5.82 Å². The molecule has 0 aliphatic carbocycles. The number of nitrogens with two attached hydrogens (primary N) is 1. The minimum Gasteiger partial charge on any atom is -0.384 e. The predicted octanol–water partition coefficient (Wildman–Crippen LogP) is 2.59.